The van der Waals surface area contributed by atoms with Gasteiger partial charge in [0, 0.05) is 11.1 Å². The number of halogens is 7. The molecule has 0 bridgehead atoms. The number of ether oxygens (including phenoxy) is 2. The van der Waals surface area contributed by atoms with Crippen LogP contribution in [0.2, 0.25) is 0 Å². The third kappa shape index (κ3) is 8.82. The van der Waals surface area contributed by atoms with E-state index in [4.69, 9.17) is 9.47 Å². The fraction of sp³-hybridized carbons (Fsp3) is 0.649. The van der Waals surface area contributed by atoms with Crippen LogP contribution < -0.4 is 4.74 Å². The lowest BCUT2D eigenvalue weighted by atomic mass is 9.73. The summed E-state index contributed by atoms with van der Waals surface area (Å²) in [6, 6.07) is 5.70. The predicted octanol–water partition coefficient (Wildman–Crippen LogP) is 10.6. The predicted molar refractivity (Wildman–Crippen MR) is 181 cm³/mol. The molecule has 3 saturated carbocycles. The standard InChI is InChI=1S/C37H46F7NO6S/c1-49-28-19-17-27(18-20-28)34(36(40,41)42)45-51-52(47,48)37(43,44)35(38,39)23-50-22-31-29(24-11-5-2-6-12-24)21-30(25-13-7-3-8-14-25)33(46)32(31)26-15-9-4-10-16-26/h17-21,24-26,46H,2-16,22-23H2,1H3/b45-34-. The quantitative estimate of drug-likeness (QED) is 0.124. The van der Waals surface area contributed by atoms with E-state index in [1.54, 1.807) is 0 Å². The number of hydrogen-bond acceptors (Lipinski definition) is 7. The van der Waals surface area contributed by atoms with Crippen molar-refractivity contribution in [3.8, 4) is 11.5 Å². The van der Waals surface area contributed by atoms with Gasteiger partial charge in [-0.05, 0) is 97.2 Å². The van der Waals surface area contributed by atoms with Gasteiger partial charge in [-0.25, -0.2) is 0 Å². The second kappa shape index (κ2) is 16.5. The fourth-order valence-corrected chi connectivity index (χ4v) is 8.66. The highest BCUT2D eigenvalue weighted by Gasteiger charge is 2.68. The van der Waals surface area contributed by atoms with E-state index in [0.717, 1.165) is 132 Å². The summed E-state index contributed by atoms with van der Waals surface area (Å²) in [4.78, 5) is 0. The van der Waals surface area contributed by atoms with Gasteiger partial charge < -0.3 is 14.6 Å². The molecule has 15 heteroatoms. The highest BCUT2D eigenvalue weighted by molar-refractivity contribution is 7.87. The van der Waals surface area contributed by atoms with E-state index in [2.05, 4.69) is 9.44 Å². The van der Waals surface area contributed by atoms with Crippen molar-refractivity contribution in [1.82, 2.24) is 0 Å². The summed E-state index contributed by atoms with van der Waals surface area (Å²) >= 11 is 0. The average Bonchev–Trinajstić information content (AvgIpc) is 3.12. The summed E-state index contributed by atoms with van der Waals surface area (Å²) in [6.45, 7) is -2.70. The van der Waals surface area contributed by atoms with E-state index in [0.29, 0.717) is 11.1 Å². The molecule has 0 spiro atoms. The second-order valence-electron chi connectivity index (χ2n) is 14.2. The molecule has 0 aromatic heterocycles. The van der Waals surface area contributed by atoms with E-state index in [9.17, 15) is 26.7 Å². The number of benzene rings is 2. The van der Waals surface area contributed by atoms with Crippen molar-refractivity contribution in [2.75, 3.05) is 13.7 Å². The largest absolute Gasteiger partial charge is 0.507 e. The average molecular weight is 766 g/mol. The Balaban J connectivity index is 1.43. The third-order valence-electron chi connectivity index (χ3n) is 10.7. The minimum absolute atomic E-state index is 0.0414. The number of hydrogen-bond donors (Lipinski definition) is 1. The third-order valence-corrected chi connectivity index (χ3v) is 11.9. The van der Waals surface area contributed by atoms with Gasteiger partial charge in [-0.2, -0.15) is 39.2 Å². The number of phenols is 1. The van der Waals surface area contributed by atoms with Crippen LogP contribution in [-0.4, -0.2) is 50.3 Å². The summed E-state index contributed by atoms with van der Waals surface area (Å²) in [6.07, 6.45) is 8.44. The molecule has 0 aliphatic heterocycles. The fourth-order valence-electron chi connectivity index (χ4n) is 7.97. The van der Waals surface area contributed by atoms with E-state index in [1.165, 1.54) is 7.11 Å². The number of phenolic OH excluding ortho intramolecular Hbond substituents is 1. The smallest absolute Gasteiger partial charge is 0.446 e. The molecule has 2 aromatic rings. The van der Waals surface area contributed by atoms with Gasteiger partial charge in [-0.1, -0.05) is 69.0 Å². The normalized spacial score (nSPS) is 19.5. The van der Waals surface area contributed by atoms with Crippen LogP contribution in [0, 0.1) is 0 Å². The van der Waals surface area contributed by atoms with Gasteiger partial charge in [-0.15, -0.1) is 0 Å². The Hall–Kier alpha value is -3.07. The van der Waals surface area contributed by atoms with Crippen LogP contribution in [0.5, 0.6) is 11.5 Å². The minimum Gasteiger partial charge on any atom is -0.507 e. The molecule has 1 N–H and O–H groups in total. The van der Waals surface area contributed by atoms with Gasteiger partial charge in [-0.3, -0.25) is 4.28 Å². The number of oxime groups is 1. The van der Waals surface area contributed by atoms with Crippen LogP contribution in [0.3, 0.4) is 0 Å². The summed E-state index contributed by atoms with van der Waals surface area (Å²) in [7, 11) is -5.55. The highest BCUT2D eigenvalue weighted by Crippen LogP contribution is 2.50. The first-order valence-corrected chi connectivity index (χ1v) is 19.4. The van der Waals surface area contributed by atoms with Crippen LogP contribution in [0.15, 0.2) is 35.5 Å². The van der Waals surface area contributed by atoms with Crippen LogP contribution in [0.25, 0.3) is 0 Å². The van der Waals surface area contributed by atoms with Crippen molar-refractivity contribution in [3.63, 3.8) is 0 Å². The zero-order valence-corrected chi connectivity index (χ0v) is 29.9. The molecular formula is C37H46F7NO6S. The molecule has 3 fully saturated rings. The van der Waals surface area contributed by atoms with Crippen LogP contribution >= 0.6 is 0 Å². The van der Waals surface area contributed by atoms with Gasteiger partial charge in [0.15, 0.2) is 5.71 Å². The minimum atomic E-state index is -6.78. The summed E-state index contributed by atoms with van der Waals surface area (Å²) in [5.74, 6) is -5.15. The van der Waals surface area contributed by atoms with Crippen LogP contribution in [0.4, 0.5) is 30.7 Å². The van der Waals surface area contributed by atoms with Gasteiger partial charge >= 0.3 is 27.5 Å². The first-order valence-electron chi connectivity index (χ1n) is 18.0. The zero-order valence-electron chi connectivity index (χ0n) is 29.1. The molecule has 7 nitrogen and oxygen atoms in total. The lowest BCUT2D eigenvalue weighted by Crippen LogP contribution is -2.50. The van der Waals surface area contributed by atoms with E-state index >= 15 is 17.6 Å². The monoisotopic (exact) mass is 765 g/mol. The number of methoxy groups -OCH3 is 1. The Morgan fingerprint density at radius 1 is 0.769 bits per heavy atom. The Kier molecular flexibility index (Phi) is 12.7. The maximum atomic E-state index is 15.2. The van der Waals surface area contributed by atoms with Crippen molar-refractivity contribution in [1.29, 1.82) is 0 Å². The van der Waals surface area contributed by atoms with Gasteiger partial charge in [0.05, 0.1) is 13.7 Å². The lowest BCUT2D eigenvalue weighted by Gasteiger charge is -2.34. The molecule has 5 rings (SSSR count). The number of nitrogens with zero attached hydrogens (tertiary/aromatic N) is 1. The van der Waals surface area contributed by atoms with Crippen LogP contribution in [0.1, 0.15) is 142 Å². The molecule has 0 radical (unpaired) electrons. The second-order valence-corrected chi connectivity index (χ2v) is 15.8. The molecule has 2 aromatic carbocycles. The lowest BCUT2D eigenvalue weighted by molar-refractivity contribution is -0.194. The highest BCUT2D eigenvalue weighted by atomic mass is 32.2. The Morgan fingerprint density at radius 2 is 1.27 bits per heavy atom. The van der Waals surface area contributed by atoms with E-state index < -0.39 is 52.0 Å². The number of aromatic hydroxyl groups is 1. The molecule has 0 saturated heterocycles. The zero-order chi connectivity index (χ0) is 37.7. The summed E-state index contributed by atoms with van der Waals surface area (Å²) in [5.41, 5.74) is -0.0939. The van der Waals surface area contributed by atoms with Gasteiger partial charge in [0.1, 0.15) is 18.1 Å². The first kappa shape index (κ1) is 40.1. The molecule has 0 unspecified atom stereocenters. The van der Waals surface area contributed by atoms with Gasteiger partial charge in [0.25, 0.3) is 0 Å². The Bertz CT molecular complexity index is 1650. The van der Waals surface area contributed by atoms with E-state index in [-0.39, 0.29) is 29.3 Å². The van der Waals surface area contributed by atoms with Crippen molar-refractivity contribution >= 4 is 15.8 Å². The molecule has 52 heavy (non-hydrogen) atoms. The Morgan fingerprint density at radius 3 is 1.77 bits per heavy atom. The molecule has 0 amide bonds. The maximum absolute atomic E-state index is 15.2. The Labute approximate surface area is 300 Å². The molecule has 3 aliphatic carbocycles. The number of rotatable bonds is 13. The molecule has 290 valence electrons. The van der Waals surface area contributed by atoms with Crippen molar-refractivity contribution in [3.05, 3.63) is 58.1 Å². The first-order chi connectivity index (χ1) is 24.6. The maximum Gasteiger partial charge on any atom is 0.446 e. The molecular weight excluding hydrogens is 719 g/mol. The summed E-state index contributed by atoms with van der Waals surface area (Å²) in [5, 5.41) is 8.17. The van der Waals surface area contributed by atoms with Crippen molar-refractivity contribution < 1.29 is 58.0 Å². The molecule has 0 atom stereocenters. The topological polar surface area (TPSA) is 94.4 Å². The van der Waals surface area contributed by atoms with Crippen molar-refractivity contribution in [2.45, 2.75) is 138 Å². The van der Waals surface area contributed by atoms with Gasteiger partial charge in [0.2, 0.25) is 0 Å². The van der Waals surface area contributed by atoms with Crippen molar-refractivity contribution in [2.24, 2.45) is 5.16 Å². The van der Waals surface area contributed by atoms with Crippen LogP contribution in [-0.2, 0) is 25.7 Å². The molecule has 0 heterocycles. The summed E-state index contributed by atoms with van der Waals surface area (Å²) < 4.78 is 140. The number of alkyl halides is 7. The molecule has 3 aliphatic rings. The van der Waals surface area contributed by atoms with E-state index in [1.807, 2.05) is 6.07 Å². The SMILES string of the molecule is COc1ccc(/C(=N/OS(=O)(=O)C(F)(F)C(F)(F)COCc2c(C3CCCCC3)cc(C3CCCCC3)c(O)c2C2CCCCC2)C(F)(F)F)cc1.